The third-order valence-corrected chi connectivity index (χ3v) is 6.46. The van der Waals surface area contributed by atoms with Crippen molar-refractivity contribution < 1.29 is 19.1 Å². The molecule has 3 heterocycles. The molecule has 3 fully saturated rings. The molecule has 3 aliphatic rings. The highest BCUT2D eigenvalue weighted by Crippen LogP contribution is 2.45. The second-order valence-corrected chi connectivity index (χ2v) is 7.98. The highest BCUT2D eigenvalue weighted by molar-refractivity contribution is 5.95. The van der Waals surface area contributed by atoms with Gasteiger partial charge in [-0.2, -0.15) is 0 Å². The van der Waals surface area contributed by atoms with Crippen LogP contribution in [0.2, 0.25) is 0 Å². The Hall–Kier alpha value is -2.08. The third-order valence-electron chi connectivity index (χ3n) is 6.46. The first-order valence-corrected chi connectivity index (χ1v) is 9.93. The average molecular weight is 372 g/mol. The van der Waals surface area contributed by atoms with Crippen LogP contribution in [-0.2, 0) is 9.53 Å². The van der Waals surface area contributed by atoms with E-state index in [0.717, 1.165) is 38.8 Å². The Morgan fingerprint density at radius 1 is 1.15 bits per heavy atom. The number of ether oxygens (including phenoxy) is 2. The minimum Gasteiger partial charge on any atom is -0.497 e. The molecular weight excluding hydrogens is 344 g/mol. The Morgan fingerprint density at radius 3 is 2.59 bits per heavy atom. The van der Waals surface area contributed by atoms with Crippen molar-refractivity contribution in [3.05, 3.63) is 29.8 Å². The minimum absolute atomic E-state index is 0.0171. The molecule has 6 nitrogen and oxygen atoms in total. The predicted molar refractivity (Wildman–Crippen MR) is 101 cm³/mol. The molecule has 0 saturated carbocycles. The van der Waals surface area contributed by atoms with Crippen LogP contribution in [0.1, 0.15) is 36.0 Å². The van der Waals surface area contributed by atoms with Gasteiger partial charge in [-0.1, -0.05) is 6.07 Å². The summed E-state index contributed by atoms with van der Waals surface area (Å²) in [5.74, 6) is 0.770. The van der Waals surface area contributed by atoms with Crippen molar-refractivity contribution >= 4 is 11.8 Å². The van der Waals surface area contributed by atoms with Crippen LogP contribution in [0.4, 0.5) is 0 Å². The molecule has 0 N–H and O–H groups in total. The Kier molecular flexibility index (Phi) is 5.08. The fraction of sp³-hybridized carbons (Fsp3) is 0.619. The molecule has 1 aromatic rings. The van der Waals surface area contributed by atoms with Crippen LogP contribution >= 0.6 is 0 Å². The maximum atomic E-state index is 13.3. The van der Waals surface area contributed by atoms with Gasteiger partial charge in [-0.3, -0.25) is 9.59 Å². The van der Waals surface area contributed by atoms with E-state index in [2.05, 4.69) is 0 Å². The van der Waals surface area contributed by atoms with Gasteiger partial charge < -0.3 is 19.3 Å². The van der Waals surface area contributed by atoms with Gasteiger partial charge in [0.15, 0.2) is 0 Å². The van der Waals surface area contributed by atoms with Crippen LogP contribution < -0.4 is 4.74 Å². The van der Waals surface area contributed by atoms with E-state index in [4.69, 9.17) is 9.47 Å². The lowest BCUT2D eigenvalue weighted by Crippen LogP contribution is -2.45. The lowest BCUT2D eigenvalue weighted by molar-refractivity contribution is -0.139. The zero-order valence-corrected chi connectivity index (χ0v) is 16.0. The molecule has 0 aromatic heterocycles. The number of rotatable bonds is 3. The van der Waals surface area contributed by atoms with Crippen molar-refractivity contribution in [3.63, 3.8) is 0 Å². The van der Waals surface area contributed by atoms with Gasteiger partial charge in [-0.15, -0.1) is 0 Å². The summed E-state index contributed by atoms with van der Waals surface area (Å²) in [5, 5.41) is 0. The Labute approximate surface area is 160 Å². The highest BCUT2D eigenvalue weighted by Gasteiger charge is 2.52. The van der Waals surface area contributed by atoms with Crippen LogP contribution in [0.5, 0.6) is 5.75 Å². The Bertz CT molecular complexity index is 708. The maximum absolute atomic E-state index is 13.3. The van der Waals surface area contributed by atoms with E-state index in [0.29, 0.717) is 37.6 Å². The molecule has 1 spiro atoms. The molecule has 2 amide bonds. The monoisotopic (exact) mass is 372 g/mol. The molecule has 6 heteroatoms. The van der Waals surface area contributed by atoms with Gasteiger partial charge in [-0.25, -0.2) is 0 Å². The minimum atomic E-state index is -0.146. The van der Waals surface area contributed by atoms with Crippen molar-refractivity contribution in [2.75, 3.05) is 46.5 Å². The first kappa shape index (κ1) is 18.3. The van der Waals surface area contributed by atoms with E-state index < -0.39 is 0 Å². The lowest BCUT2D eigenvalue weighted by Gasteiger charge is -2.38. The van der Waals surface area contributed by atoms with E-state index in [1.165, 1.54) is 0 Å². The molecular formula is C21H28N2O4. The van der Waals surface area contributed by atoms with Crippen LogP contribution in [0.15, 0.2) is 24.3 Å². The van der Waals surface area contributed by atoms with Crippen LogP contribution in [0, 0.1) is 11.3 Å². The first-order chi connectivity index (χ1) is 13.1. The largest absolute Gasteiger partial charge is 0.497 e. The molecule has 3 saturated heterocycles. The highest BCUT2D eigenvalue weighted by atomic mass is 16.5. The van der Waals surface area contributed by atoms with Crippen molar-refractivity contribution in [3.8, 4) is 5.75 Å². The third kappa shape index (κ3) is 3.43. The summed E-state index contributed by atoms with van der Waals surface area (Å²) in [7, 11) is 1.60. The molecule has 0 radical (unpaired) electrons. The summed E-state index contributed by atoms with van der Waals surface area (Å²) >= 11 is 0. The second-order valence-electron chi connectivity index (χ2n) is 7.98. The normalized spacial score (nSPS) is 24.4. The van der Waals surface area contributed by atoms with E-state index >= 15 is 0 Å². The number of amides is 2. The fourth-order valence-electron chi connectivity index (χ4n) is 4.84. The number of nitrogens with zero attached hydrogens (tertiary/aromatic N) is 2. The molecule has 146 valence electrons. The molecule has 4 rings (SSSR count). The maximum Gasteiger partial charge on any atom is 0.254 e. The van der Waals surface area contributed by atoms with E-state index in [1.807, 2.05) is 28.0 Å². The van der Waals surface area contributed by atoms with Crippen molar-refractivity contribution in [1.82, 2.24) is 9.80 Å². The van der Waals surface area contributed by atoms with Gasteiger partial charge in [0.05, 0.1) is 13.0 Å². The number of hydrogen-bond acceptors (Lipinski definition) is 4. The van der Waals surface area contributed by atoms with Crippen LogP contribution in [0.3, 0.4) is 0 Å². The molecule has 3 aliphatic heterocycles. The second kappa shape index (κ2) is 7.50. The average Bonchev–Trinajstić information content (AvgIpc) is 3.36. The molecule has 27 heavy (non-hydrogen) atoms. The van der Waals surface area contributed by atoms with Gasteiger partial charge in [0.25, 0.3) is 5.91 Å². The van der Waals surface area contributed by atoms with Gasteiger partial charge in [0.2, 0.25) is 5.91 Å². The van der Waals surface area contributed by atoms with Crippen LogP contribution in [-0.4, -0.2) is 68.1 Å². The topological polar surface area (TPSA) is 59.1 Å². The summed E-state index contributed by atoms with van der Waals surface area (Å²) in [6.07, 6.45) is 3.86. The molecule has 0 aliphatic carbocycles. The van der Waals surface area contributed by atoms with Crippen molar-refractivity contribution in [2.24, 2.45) is 11.3 Å². The van der Waals surface area contributed by atoms with Gasteiger partial charge in [0, 0.05) is 50.4 Å². The number of hydrogen-bond donors (Lipinski definition) is 0. The number of carbonyl (C=O) groups is 2. The zero-order chi connectivity index (χ0) is 18.9. The van der Waals surface area contributed by atoms with E-state index in [1.54, 1.807) is 13.2 Å². The zero-order valence-electron chi connectivity index (χ0n) is 16.0. The number of methoxy groups -OCH3 is 1. The number of carbonyl (C=O) groups excluding carboxylic acids is 2. The predicted octanol–water partition coefficient (Wildman–Crippen LogP) is 2.19. The van der Waals surface area contributed by atoms with Gasteiger partial charge in [-0.05, 0) is 43.9 Å². The van der Waals surface area contributed by atoms with E-state index in [9.17, 15) is 9.59 Å². The molecule has 1 atom stereocenters. The number of benzene rings is 1. The Morgan fingerprint density at radius 2 is 1.89 bits per heavy atom. The standard InChI is InChI=1S/C21H28N2O4/c1-26-17-6-4-5-16(13-17)19(24)23-14-18(20(25)22-9-2-3-10-22)21(15-23)7-11-27-12-8-21/h4-6,13,18H,2-3,7-12,14-15H2,1H3/t18-/m0/s1. The molecule has 1 aromatic carbocycles. The number of likely N-dealkylation sites (tertiary alicyclic amines) is 2. The van der Waals surface area contributed by atoms with Gasteiger partial charge in [0.1, 0.15) is 5.75 Å². The van der Waals surface area contributed by atoms with Crippen LogP contribution in [0.25, 0.3) is 0 Å². The van der Waals surface area contributed by atoms with Crippen molar-refractivity contribution in [2.45, 2.75) is 25.7 Å². The van der Waals surface area contributed by atoms with E-state index in [-0.39, 0.29) is 23.1 Å². The summed E-state index contributed by atoms with van der Waals surface area (Å²) in [6.45, 7) is 4.19. The Balaban J connectivity index is 1.58. The summed E-state index contributed by atoms with van der Waals surface area (Å²) in [6, 6.07) is 7.26. The first-order valence-electron chi connectivity index (χ1n) is 9.93. The molecule has 0 unspecified atom stereocenters. The molecule has 0 bridgehead atoms. The van der Waals surface area contributed by atoms with Crippen molar-refractivity contribution in [1.29, 1.82) is 0 Å². The smallest absolute Gasteiger partial charge is 0.254 e. The fourth-order valence-corrected chi connectivity index (χ4v) is 4.84. The summed E-state index contributed by atoms with van der Waals surface area (Å²) < 4.78 is 10.8. The summed E-state index contributed by atoms with van der Waals surface area (Å²) in [5.41, 5.74) is 0.470. The van der Waals surface area contributed by atoms with Gasteiger partial charge >= 0.3 is 0 Å². The SMILES string of the molecule is COc1cccc(C(=O)N2C[C@@H](C(=O)N3CCCC3)C3(CCOCC3)C2)c1. The summed E-state index contributed by atoms with van der Waals surface area (Å²) in [4.78, 5) is 30.3. The lowest BCUT2D eigenvalue weighted by atomic mass is 9.71. The quantitative estimate of drug-likeness (QED) is 0.816.